The third kappa shape index (κ3) is 52.4. The van der Waals surface area contributed by atoms with Gasteiger partial charge in [-0.2, -0.15) is 0 Å². The molecule has 0 fully saturated rings. The Morgan fingerprint density at radius 3 is 1.00 bits per heavy atom. The minimum absolute atomic E-state index is 0.121. The number of rotatable bonds is 46. The van der Waals surface area contributed by atoms with E-state index < -0.39 is 6.10 Å². The summed E-state index contributed by atoms with van der Waals surface area (Å²) in [4.78, 5) is 38.0. The maximum absolute atomic E-state index is 12.8. The Balaban J connectivity index is 4.58. The van der Waals surface area contributed by atoms with Crippen molar-refractivity contribution < 1.29 is 28.6 Å². The molecule has 0 saturated carbocycles. The van der Waals surface area contributed by atoms with Crippen LogP contribution in [0.15, 0.2) is 134 Å². The molecule has 1 unspecified atom stereocenters. The summed E-state index contributed by atoms with van der Waals surface area (Å²) >= 11 is 0. The van der Waals surface area contributed by atoms with E-state index in [1.165, 1.54) is 25.7 Å². The quantitative estimate of drug-likeness (QED) is 0.0262. The van der Waals surface area contributed by atoms with Crippen molar-refractivity contribution in [2.75, 3.05) is 13.2 Å². The molecule has 376 valence electrons. The smallest absolute Gasteiger partial charge is 0.306 e. The summed E-state index contributed by atoms with van der Waals surface area (Å²) in [6, 6.07) is 0. The number of unbranched alkanes of at least 4 members (excludes halogenated alkanes) is 13. The van der Waals surface area contributed by atoms with Gasteiger partial charge in [0.2, 0.25) is 0 Å². The fourth-order valence-corrected chi connectivity index (χ4v) is 6.69. The summed E-state index contributed by atoms with van der Waals surface area (Å²) in [6.45, 7) is 6.28. The lowest BCUT2D eigenvalue weighted by atomic mass is 10.1. The summed E-state index contributed by atoms with van der Waals surface area (Å²) in [5.74, 6) is -1.05. The van der Waals surface area contributed by atoms with Crippen LogP contribution in [0.4, 0.5) is 0 Å². The number of allylic oxidation sites excluding steroid dienone is 22. The molecule has 0 heterocycles. The van der Waals surface area contributed by atoms with Crippen LogP contribution in [0, 0.1) is 0 Å². The molecule has 0 aromatic heterocycles. The highest BCUT2D eigenvalue weighted by Crippen LogP contribution is 2.12. The second-order valence-electron chi connectivity index (χ2n) is 17.0. The topological polar surface area (TPSA) is 78.9 Å². The first kappa shape index (κ1) is 62.5. The van der Waals surface area contributed by atoms with Crippen molar-refractivity contribution in [2.45, 2.75) is 219 Å². The maximum atomic E-state index is 12.8. The van der Waals surface area contributed by atoms with E-state index in [1.54, 1.807) is 0 Å². The number of carbonyl (C=O) groups excluding carboxylic acids is 3. The molecular formula is C61H96O6. The van der Waals surface area contributed by atoms with Crippen LogP contribution in [0.3, 0.4) is 0 Å². The Morgan fingerprint density at radius 2 is 0.612 bits per heavy atom. The number of carbonyl (C=O) groups is 3. The molecule has 0 radical (unpaired) electrons. The average molecular weight is 925 g/mol. The van der Waals surface area contributed by atoms with Crippen LogP contribution < -0.4 is 0 Å². The Morgan fingerprint density at radius 1 is 0.313 bits per heavy atom. The third-order valence-corrected chi connectivity index (χ3v) is 10.6. The van der Waals surface area contributed by atoms with Crippen LogP contribution in [0.5, 0.6) is 0 Å². The van der Waals surface area contributed by atoms with Gasteiger partial charge in [0.25, 0.3) is 0 Å². The molecule has 0 rings (SSSR count). The van der Waals surface area contributed by atoms with E-state index in [4.69, 9.17) is 14.2 Å². The second-order valence-corrected chi connectivity index (χ2v) is 17.0. The molecule has 0 aliphatic carbocycles. The molecule has 6 nitrogen and oxygen atoms in total. The van der Waals surface area contributed by atoms with E-state index in [-0.39, 0.29) is 44.0 Å². The monoisotopic (exact) mass is 925 g/mol. The van der Waals surface area contributed by atoms with Gasteiger partial charge in [-0.1, -0.05) is 206 Å². The highest BCUT2D eigenvalue weighted by Gasteiger charge is 2.19. The first-order valence-corrected chi connectivity index (χ1v) is 26.7. The van der Waals surface area contributed by atoms with Gasteiger partial charge >= 0.3 is 17.9 Å². The number of hydrogen-bond acceptors (Lipinski definition) is 6. The van der Waals surface area contributed by atoms with Crippen molar-refractivity contribution >= 4 is 17.9 Å². The molecule has 0 aliphatic rings. The highest BCUT2D eigenvalue weighted by atomic mass is 16.6. The van der Waals surface area contributed by atoms with Crippen LogP contribution in [0.1, 0.15) is 213 Å². The van der Waals surface area contributed by atoms with Crippen LogP contribution in [0.25, 0.3) is 0 Å². The molecule has 0 N–H and O–H groups in total. The van der Waals surface area contributed by atoms with Gasteiger partial charge in [0, 0.05) is 19.3 Å². The summed E-state index contributed by atoms with van der Waals surface area (Å²) in [6.07, 6.45) is 75.9. The molecule has 0 saturated heterocycles. The number of ether oxygens (including phenoxy) is 3. The first-order valence-electron chi connectivity index (χ1n) is 26.7. The second kappa shape index (κ2) is 54.2. The standard InChI is InChI=1S/C61H96O6/c1-4-7-10-13-16-19-22-25-28-29-30-31-34-36-39-42-45-48-51-54-60(63)66-57-58(67-61(64)55-52-49-46-43-40-37-33-27-24-21-18-15-12-9-6-3)56-65-59(62)53-50-47-44-41-38-35-32-26-23-20-17-14-11-8-5-2/h7,9-10,12,16-21,25-28,30-33,36,39,45,48,58H,4-6,8,11,13-15,22-24,29,34-35,37-38,40-44,46-47,49-57H2,1-3H3/b10-7-,12-9-,19-16-,20-17-,21-18-,28-25-,31-30-,32-26-,33-27-,39-36-,48-45-. The van der Waals surface area contributed by atoms with Crippen molar-refractivity contribution in [3.05, 3.63) is 134 Å². The van der Waals surface area contributed by atoms with Gasteiger partial charge < -0.3 is 14.2 Å². The van der Waals surface area contributed by atoms with E-state index in [2.05, 4.69) is 142 Å². The van der Waals surface area contributed by atoms with Crippen molar-refractivity contribution in [3.8, 4) is 0 Å². The minimum Gasteiger partial charge on any atom is -0.462 e. The Kier molecular flexibility index (Phi) is 50.6. The van der Waals surface area contributed by atoms with Gasteiger partial charge in [-0.3, -0.25) is 14.4 Å². The lowest BCUT2D eigenvalue weighted by Crippen LogP contribution is -2.30. The lowest BCUT2D eigenvalue weighted by molar-refractivity contribution is -0.166. The number of hydrogen-bond donors (Lipinski definition) is 0. The van der Waals surface area contributed by atoms with Crippen molar-refractivity contribution in [2.24, 2.45) is 0 Å². The minimum atomic E-state index is -0.828. The summed E-state index contributed by atoms with van der Waals surface area (Å²) in [7, 11) is 0. The molecule has 0 aromatic rings. The predicted molar refractivity (Wildman–Crippen MR) is 288 cm³/mol. The highest BCUT2D eigenvalue weighted by molar-refractivity contribution is 5.71. The van der Waals surface area contributed by atoms with E-state index in [0.29, 0.717) is 12.8 Å². The van der Waals surface area contributed by atoms with Gasteiger partial charge in [0.15, 0.2) is 6.10 Å². The zero-order valence-electron chi connectivity index (χ0n) is 42.9. The van der Waals surface area contributed by atoms with Crippen LogP contribution >= 0.6 is 0 Å². The Hall–Kier alpha value is -4.45. The Labute approximate surface area is 411 Å². The predicted octanol–water partition coefficient (Wildman–Crippen LogP) is 17.9. The van der Waals surface area contributed by atoms with Crippen molar-refractivity contribution in [3.63, 3.8) is 0 Å². The maximum Gasteiger partial charge on any atom is 0.306 e. The van der Waals surface area contributed by atoms with Gasteiger partial charge in [-0.05, 0) is 122 Å². The zero-order chi connectivity index (χ0) is 48.6. The molecular weight excluding hydrogens is 829 g/mol. The van der Waals surface area contributed by atoms with Gasteiger partial charge in [-0.15, -0.1) is 0 Å². The van der Waals surface area contributed by atoms with Crippen molar-refractivity contribution in [1.29, 1.82) is 0 Å². The summed E-state index contributed by atoms with van der Waals surface area (Å²) in [5.41, 5.74) is 0. The number of esters is 3. The fourth-order valence-electron chi connectivity index (χ4n) is 6.69. The molecule has 6 heteroatoms. The van der Waals surface area contributed by atoms with Crippen molar-refractivity contribution in [1.82, 2.24) is 0 Å². The van der Waals surface area contributed by atoms with E-state index in [9.17, 15) is 14.4 Å². The molecule has 0 aromatic carbocycles. The van der Waals surface area contributed by atoms with E-state index in [0.717, 1.165) is 141 Å². The van der Waals surface area contributed by atoms with Crippen LogP contribution in [-0.2, 0) is 28.6 Å². The molecule has 0 amide bonds. The zero-order valence-corrected chi connectivity index (χ0v) is 42.9. The fraction of sp³-hybridized carbons (Fsp3) is 0.590. The largest absolute Gasteiger partial charge is 0.462 e. The third-order valence-electron chi connectivity index (χ3n) is 10.6. The molecule has 1 atom stereocenters. The molecule has 0 aliphatic heterocycles. The molecule has 67 heavy (non-hydrogen) atoms. The van der Waals surface area contributed by atoms with Gasteiger partial charge in [-0.25, -0.2) is 0 Å². The van der Waals surface area contributed by atoms with E-state index in [1.807, 2.05) is 12.2 Å². The first-order chi connectivity index (χ1) is 33.0. The molecule has 0 bridgehead atoms. The summed E-state index contributed by atoms with van der Waals surface area (Å²) < 4.78 is 16.7. The molecule has 0 spiro atoms. The van der Waals surface area contributed by atoms with E-state index >= 15 is 0 Å². The van der Waals surface area contributed by atoms with Crippen LogP contribution in [0.2, 0.25) is 0 Å². The summed E-state index contributed by atoms with van der Waals surface area (Å²) in [5, 5.41) is 0. The normalized spacial score (nSPS) is 13.2. The van der Waals surface area contributed by atoms with Gasteiger partial charge in [0.1, 0.15) is 13.2 Å². The van der Waals surface area contributed by atoms with Gasteiger partial charge in [0.05, 0.1) is 0 Å². The SMILES string of the molecule is CC/C=C\C/C=C\C/C=C\C/C=C\C/C=C\C/C=C\CCC(=O)OCC(COC(=O)CCCCCCC/C=C\C/C=C\CCCCC)OC(=O)CCCCCCC/C=C\C/C=C\C/C=C\CC. The Bertz CT molecular complexity index is 1480. The van der Waals surface area contributed by atoms with Crippen LogP contribution in [-0.4, -0.2) is 37.2 Å². The average Bonchev–Trinajstić information content (AvgIpc) is 3.33. The lowest BCUT2D eigenvalue weighted by Gasteiger charge is -2.18.